The maximum atomic E-state index is 12.3. The zero-order valence-electron chi connectivity index (χ0n) is 15.1. The Morgan fingerprint density at radius 1 is 1.36 bits per heavy atom. The van der Waals surface area contributed by atoms with Crippen LogP contribution in [-0.2, 0) is 9.53 Å². The van der Waals surface area contributed by atoms with Crippen LogP contribution in [0.2, 0.25) is 5.02 Å². The molecule has 1 aliphatic heterocycles. The van der Waals surface area contributed by atoms with E-state index in [0.29, 0.717) is 29.6 Å². The lowest BCUT2D eigenvalue weighted by molar-refractivity contribution is -0.113. The molecular weight excluding hydrogens is 418 g/mol. The van der Waals surface area contributed by atoms with E-state index in [0.717, 1.165) is 33.5 Å². The fourth-order valence-electron chi connectivity index (χ4n) is 2.76. The number of aromatic nitrogens is 3. The van der Waals surface area contributed by atoms with Crippen molar-refractivity contribution in [3.05, 3.63) is 35.1 Å². The summed E-state index contributed by atoms with van der Waals surface area (Å²) in [6, 6.07) is 5.54. The molecule has 0 unspecified atom stereocenters. The molecule has 1 aliphatic rings. The normalized spacial score (nSPS) is 14.4. The van der Waals surface area contributed by atoms with E-state index < -0.39 is 0 Å². The molecule has 0 atom stereocenters. The predicted molar refractivity (Wildman–Crippen MR) is 114 cm³/mol. The van der Waals surface area contributed by atoms with Gasteiger partial charge in [0.05, 0.1) is 29.7 Å². The number of amides is 1. The molecule has 4 rings (SSSR count). The van der Waals surface area contributed by atoms with Crippen LogP contribution in [0.3, 0.4) is 0 Å². The van der Waals surface area contributed by atoms with Crippen LogP contribution in [-0.4, -0.2) is 52.9 Å². The zero-order valence-corrected chi connectivity index (χ0v) is 17.5. The lowest BCUT2D eigenvalue weighted by Crippen LogP contribution is -2.36. The number of nitrogens with one attached hydrogen (secondary N) is 1. The molecule has 3 heterocycles. The van der Waals surface area contributed by atoms with Crippen LogP contribution in [0.5, 0.6) is 0 Å². The third-order valence-electron chi connectivity index (χ3n) is 4.17. The number of fused-ring (bicyclic) bond motifs is 1. The van der Waals surface area contributed by atoms with E-state index in [1.807, 2.05) is 19.1 Å². The van der Waals surface area contributed by atoms with Gasteiger partial charge in [-0.1, -0.05) is 40.8 Å². The van der Waals surface area contributed by atoms with E-state index in [2.05, 4.69) is 25.2 Å². The largest absolute Gasteiger partial charge is 0.378 e. The summed E-state index contributed by atoms with van der Waals surface area (Å²) in [5, 5.41) is 5.04. The number of aryl methyl sites for hydroxylation is 1. The van der Waals surface area contributed by atoms with Crippen LogP contribution in [0.25, 0.3) is 10.3 Å². The van der Waals surface area contributed by atoms with E-state index >= 15 is 0 Å². The number of nitrogens with zero attached hydrogens (tertiary/aromatic N) is 4. The standard InChI is InChI=1S/C18H18ClN5O2S2/c1-11-2-3-13(12(19)8-11)22-14(25)9-27-17-15-16(20-10-21-17)23-18(28-15)24-4-6-26-7-5-24/h2-3,8,10H,4-7,9H2,1H3,(H,22,25). The molecule has 28 heavy (non-hydrogen) atoms. The minimum Gasteiger partial charge on any atom is -0.378 e. The summed E-state index contributed by atoms with van der Waals surface area (Å²) >= 11 is 9.10. The Morgan fingerprint density at radius 2 is 2.18 bits per heavy atom. The Bertz CT molecular complexity index is 1010. The van der Waals surface area contributed by atoms with Gasteiger partial charge in [-0.05, 0) is 24.6 Å². The van der Waals surface area contributed by atoms with Gasteiger partial charge in [0.15, 0.2) is 10.8 Å². The van der Waals surface area contributed by atoms with E-state index in [-0.39, 0.29) is 11.7 Å². The third-order valence-corrected chi connectivity index (χ3v) is 6.71. The molecular formula is C18H18ClN5O2S2. The van der Waals surface area contributed by atoms with Crippen LogP contribution >= 0.6 is 34.7 Å². The minimum absolute atomic E-state index is 0.138. The number of halogens is 1. The lowest BCUT2D eigenvalue weighted by atomic mass is 10.2. The molecule has 10 heteroatoms. The number of hydrogen-bond donors (Lipinski definition) is 1. The van der Waals surface area contributed by atoms with Crippen molar-refractivity contribution in [3.8, 4) is 0 Å². The van der Waals surface area contributed by atoms with E-state index in [1.54, 1.807) is 17.4 Å². The summed E-state index contributed by atoms with van der Waals surface area (Å²) < 4.78 is 6.30. The van der Waals surface area contributed by atoms with Gasteiger partial charge < -0.3 is 15.0 Å². The number of anilines is 2. The van der Waals surface area contributed by atoms with Crippen LogP contribution in [0, 0.1) is 6.92 Å². The Balaban J connectivity index is 1.45. The van der Waals surface area contributed by atoms with Crippen molar-refractivity contribution in [2.24, 2.45) is 0 Å². The van der Waals surface area contributed by atoms with E-state index in [1.165, 1.54) is 18.1 Å². The number of thiazole rings is 1. The van der Waals surface area contributed by atoms with Gasteiger partial charge in [0.1, 0.15) is 16.1 Å². The van der Waals surface area contributed by atoms with Gasteiger partial charge in [-0.15, -0.1) is 0 Å². The van der Waals surface area contributed by atoms with Crippen molar-refractivity contribution in [1.29, 1.82) is 0 Å². The number of thioether (sulfide) groups is 1. The van der Waals surface area contributed by atoms with Gasteiger partial charge in [-0.3, -0.25) is 4.79 Å². The molecule has 0 radical (unpaired) electrons. The van der Waals surface area contributed by atoms with Crippen LogP contribution < -0.4 is 10.2 Å². The molecule has 0 aliphatic carbocycles. The van der Waals surface area contributed by atoms with Crippen LogP contribution in [0.1, 0.15) is 5.56 Å². The first-order chi connectivity index (χ1) is 13.6. The smallest absolute Gasteiger partial charge is 0.234 e. The average Bonchev–Trinajstić information content (AvgIpc) is 3.14. The van der Waals surface area contributed by atoms with Crippen molar-refractivity contribution < 1.29 is 9.53 Å². The van der Waals surface area contributed by atoms with Crippen molar-refractivity contribution in [2.45, 2.75) is 11.9 Å². The number of morpholine rings is 1. The molecule has 3 aromatic rings. The molecule has 0 bridgehead atoms. The molecule has 0 spiro atoms. The molecule has 1 N–H and O–H groups in total. The Kier molecular flexibility index (Phi) is 5.96. The Morgan fingerprint density at radius 3 is 2.96 bits per heavy atom. The number of rotatable bonds is 5. The molecule has 146 valence electrons. The van der Waals surface area contributed by atoms with Gasteiger partial charge in [0, 0.05) is 13.1 Å². The number of hydrogen-bond acceptors (Lipinski definition) is 8. The lowest BCUT2D eigenvalue weighted by Gasteiger charge is -2.25. The van der Waals surface area contributed by atoms with Gasteiger partial charge in [-0.2, -0.15) is 4.98 Å². The van der Waals surface area contributed by atoms with Gasteiger partial charge in [0.25, 0.3) is 0 Å². The molecule has 7 nitrogen and oxygen atoms in total. The first-order valence-corrected chi connectivity index (χ1v) is 10.9. The highest BCUT2D eigenvalue weighted by atomic mass is 35.5. The summed E-state index contributed by atoms with van der Waals surface area (Å²) in [7, 11) is 0. The van der Waals surface area contributed by atoms with Crippen molar-refractivity contribution >= 4 is 61.8 Å². The summed E-state index contributed by atoms with van der Waals surface area (Å²) in [5.74, 6) is 0.0848. The molecule has 1 aromatic carbocycles. The topological polar surface area (TPSA) is 80.2 Å². The van der Waals surface area contributed by atoms with E-state index in [4.69, 9.17) is 16.3 Å². The van der Waals surface area contributed by atoms with Crippen molar-refractivity contribution in [2.75, 3.05) is 42.3 Å². The average molecular weight is 436 g/mol. The van der Waals surface area contributed by atoms with Crippen LogP contribution in [0.15, 0.2) is 29.6 Å². The maximum absolute atomic E-state index is 12.3. The first-order valence-electron chi connectivity index (χ1n) is 8.73. The number of carbonyl (C=O) groups is 1. The van der Waals surface area contributed by atoms with Gasteiger partial charge in [-0.25, -0.2) is 9.97 Å². The monoisotopic (exact) mass is 435 g/mol. The fraction of sp³-hybridized carbons (Fsp3) is 0.333. The number of ether oxygens (including phenoxy) is 1. The second-order valence-corrected chi connectivity index (χ2v) is 8.60. The Hall–Kier alpha value is -1.94. The molecule has 1 amide bonds. The Labute approximate surface area is 175 Å². The quantitative estimate of drug-likeness (QED) is 0.484. The first kappa shape index (κ1) is 19.4. The second kappa shape index (κ2) is 8.60. The highest BCUT2D eigenvalue weighted by Crippen LogP contribution is 2.34. The van der Waals surface area contributed by atoms with Crippen molar-refractivity contribution in [1.82, 2.24) is 15.0 Å². The predicted octanol–water partition coefficient (Wildman–Crippen LogP) is 3.62. The summed E-state index contributed by atoms with van der Waals surface area (Å²) in [5.41, 5.74) is 2.31. The van der Waals surface area contributed by atoms with Crippen LogP contribution in [0.4, 0.5) is 10.8 Å². The zero-order chi connectivity index (χ0) is 19.5. The summed E-state index contributed by atoms with van der Waals surface area (Å²) in [4.78, 5) is 27.8. The highest BCUT2D eigenvalue weighted by molar-refractivity contribution is 8.00. The molecule has 1 fully saturated rings. The molecule has 1 saturated heterocycles. The third kappa shape index (κ3) is 4.38. The minimum atomic E-state index is -0.138. The maximum Gasteiger partial charge on any atom is 0.234 e. The highest BCUT2D eigenvalue weighted by Gasteiger charge is 2.18. The van der Waals surface area contributed by atoms with E-state index in [9.17, 15) is 4.79 Å². The number of benzene rings is 1. The van der Waals surface area contributed by atoms with Gasteiger partial charge in [0.2, 0.25) is 5.91 Å². The van der Waals surface area contributed by atoms with Gasteiger partial charge >= 0.3 is 0 Å². The van der Waals surface area contributed by atoms with Crippen molar-refractivity contribution in [3.63, 3.8) is 0 Å². The molecule has 2 aromatic heterocycles. The second-order valence-electron chi connectivity index (χ2n) is 6.25. The summed E-state index contributed by atoms with van der Waals surface area (Å²) in [6.07, 6.45) is 1.49. The number of carbonyl (C=O) groups excluding carboxylic acids is 1. The molecule has 0 saturated carbocycles. The fourth-order valence-corrected chi connectivity index (χ4v) is 4.98. The summed E-state index contributed by atoms with van der Waals surface area (Å²) in [6.45, 7) is 4.98. The SMILES string of the molecule is Cc1ccc(NC(=O)CSc2ncnc3nc(N4CCOCC4)sc23)c(Cl)c1.